The monoisotopic (exact) mass is 464 g/mol. The Morgan fingerprint density at radius 2 is 1.77 bits per heavy atom. The highest BCUT2D eigenvalue weighted by Crippen LogP contribution is 2.33. The minimum absolute atomic E-state index is 0.0456. The van der Waals surface area contributed by atoms with Crippen LogP contribution in [0.25, 0.3) is 11.8 Å². The van der Waals surface area contributed by atoms with E-state index in [4.69, 9.17) is 0 Å². The first-order chi connectivity index (χ1) is 17.1. The molecule has 1 unspecified atom stereocenters. The molecule has 35 heavy (non-hydrogen) atoms. The number of carbonyl (C=O) groups excluding carboxylic acids is 1. The molecule has 172 valence electrons. The molecule has 0 saturated heterocycles. The first kappa shape index (κ1) is 21.8. The molecule has 1 amide bonds. The van der Waals surface area contributed by atoms with E-state index >= 15 is 0 Å². The van der Waals surface area contributed by atoms with Crippen molar-refractivity contribution in [2.45, 2.75) is 6.04 Å². The molecule has 0 radical (unpaired) electrons. The zero-order valence-corrected chi connectivity index (χ0v) is 18.4. The van der Waals surface area contributed by atoms with Gasteiger partial charge < -0.3 is 5.32 Å². The van der Waals surface area contributed by atoms with E-state index in [1.165, 1.54) is 24.3 Å². The number of allylic oxidation sites excluding steroid dienone is 1. The van der Waals surface area contributed by atoms with Gasteiger partial charge in [-0.3, -0.25) is 20.2 Å². The second-order valence-electron chi connectivity index (χ2n) is 7.81. The fourth-order valence-corrected chi connectivity index (χ4v) is 3.79. The van der Waals surface area contributed by atoms with Gasteiger partial charge in [-0.2, -0.15) is 4.98 Å². The number of rotatable bonds is 6. The Balaban J connectivity index is 1.39. The molecule has 1 aliphatic heterocycles. The zero-order chi connectivity index (χ0) is 24.2. The molecule has 0 fully saturated rings. The molecule has 1 atom stereocenters. The number of non-ortho nitro benzene ring substituents is 1. The van der Waals surface area contributed by atoms with E-state index in [-0.39, 0.29) is 17.7 Å². The number of aromatic nitrogens is 3. The summed E-state index contributed by atoms with van der Waals surface area (Å²) in [5.41, 5.74) is 3.41. The van der Waals surface area contributed by atoms with Crippen molar-refractivity contribution < 1.29 is 9.72 Å². The summed E-state index contributed by atoms with van der Waals surface area (Å²) in [7, 11) is 0. The average Bonchev–Trinajstić information content (AvgIpc) is 3.30. The van der Waals surface area contributed by atoms with Crippen LogP contribution in [0.3, 0.4) is 0 Å². The van der Waals surface area contributed by atoms with Crippen LogP contribution >= 0.6 is 0 Å². The molecule has 9 heteroatoms. The van der Waals surface area contributed by atoms with Gasteiger partial charge in [0.05, 0.1) is 4.92 Å². The molecule has 2 N–H and O–H groups in total. The number of benzene rings is 3. The van der Waals surface area contributed by atoms with Gasteiger partial charge in [-0.15, -0.1) is 5.10 Å². The van der Waals surface area contributed by atoms with Gasteiger partial charge in [0.2, 0.25) is 5.95 Å². The van der Waals surface area contributed by atoms with Crippen molar-refractivity contribution in [1.29, 1.82) is 0 Å². The van der Waals surface area contributed by atoms with E-state index in [1.807, 2.05) is 60.7 Å². The lowest BCUT2D eigenvalue weighted by molar-refractivity contribution is -0.384. The molecular weight excluding hydrogens is 444 g/mol. The Labute approximate surface area is 200 Å². The molecule has 9 nitrogen and oxygen atoms in total. The molecule has 2 heterocycles. The summed E-state index contributed by atoms with van der Waals surface area (Å²) in [6.45, 7) is 0. The Hall–Kier alpha value is -5.05. The van der Waals surface area contributed by atoms with Gasteiger partial charge in [-0.25, -0.2) is 4.68 Å². The predicted molar refractivity (Wildman–Crippen MR) is 133 cm³/mol. The maximum absolute atomic E-state index is 12.5. The van der Waals surface area contributed by atoms with E-state index in [0.29, 0.717) is 11.5 Å². The van der Waals surface area contributed by atoms with E-state index in [1.54, 1.807) is 16.8 Å². The third-order valence-corrected chi connectivity index (χ3v) is 5.43. The van der Waals surface area contributed by atoms with Crippen LogP contribution < -0.4 is 10.6 Å². The highest BCUT2D eigenvalue weighted by molar-refractivity contribution is 6.01. The molecule has 0 saturated carbocycles. The van der Waals surface area contributed by atoms with Crippen LogP contribution in [0, 0.1) is 10.1 Å². The number of hydrogen-bond acceptors (Lipinski definition) is 6. The van der Waals surface area contributed by atoms with E-state index in [9.17, 15) is 14.9 Å². The lowest BCUT2D eigenvalue weighted by Crippen LogP contribution is -2.20. The van der Waals surface area contributed by atoms with Crippen LogP contribution in [-0.2, 0) is 4.79 Å². The number of carbonyl (C=O) groups is 1. The standard InChI is InChI=1S/C26H20N6O3/c33-24(15-14-18-8-7-13-21(16-18)32(34)35)28-25-29-26-27-22(19-9-3-1-4-10-19)17-23(31(26)30-25)20-11-5-2-6-12-20/h1-17,23H,(H2,27,28,29,30,33). The maximum Gasteiger partial charge on any atom is 0.270 e. The van der Waals surface area contributed by atoms with Crippen LogP contribution in [0.1, 0.15) is 22.7 Å². The Bertz CT molecular complexity index is 1440. The van der Waals surface area contributed by atoms with Gasteiger partial charge in [0.15, 0.2) is 0 Å². The molecule has 1 aliphatic rings. The molecule has 1 aromatic heterocycles. The summed E-state index contributed by atoms with van der Waals surface area (Å²) in [6.07, 6.45) is 4.85. The fourth-order valence-electron chi connectivity index (χ4n) is 3.79. The van der Waals surface area contributed by atoms with Crippen molar-refractivity contribution in [3.8, 4) is 0 Å². The van der Waals surface area contributed by atoms with E-state index in [2.05, 4.69) is 26.8 Å². The first-order valence-electron chi connectivity index (χ1n) is 10.9. The lowest BCUT2D eigenvalue weighted by Gasteiger charge is -2.24. The number of nitro benzene ring substituents is 1. The van der Waals surface area contributed by atoms with Crippen molar-refractivity contribution in [3.05, 3.63) is 124 Å². The summed E-state index contributed by atoms with van der Waals surface area (Å²) >= 11 is 0. The number of anilines is 2. The maximum atomic E-state index is 12.5. The second-order valence-corrected chi connectivity index (χ2v) is 7.81. The summed E-state index contributed by atoms with van der Waals surface area (Å²) in [5.74, 6) is 0.190. The molecule has 4 aromatic rings. The lowest BCUT2D eigenvalue weighted by atomic mass is 10.0. The topological polar surface area (TPSA) is 115 Å². The second kappa shape index (κ2) is 9.44. The Morgan fingerprint density at radius 1 is 1.03 bits per heavy atom. The number of nitrogens with zero attached hydrogens (tertiary/aromatic N) is 4. The van der Waals surface area contributed by atoms with Crippen molar-refractivity contribution in [2.24, 2.45) is 0 Å². The number of amides is 1. The van der Waals surface area contributed by atoms with Crippen LogP contribution in [0.15, 0.2) is 97.1 Å². The van der Waals surface area contributed by atoms with Gasteiger partial charge in [0.1, 0.15) is 6.04 Å². The molecule has 0 bridgehead atoms. The third kappa shape index (κ3) is 4.83. The smallest absolute Gasteiger partial charge is 0.270 e. The first-order valence-corrected chi connectivity index (χ1v) is 10.9. The fraction of sp³-hybridized carbons (Fsp3) is 0.0385. The van der Waals surface area contributed by atoms with Crippen molar-refractivity contribution in [2.75, 3.05) is 10.6 Å². The summed E-state index contributed by atoms with van der Waals surface area (Å²) in [4.78, 5) is 27.4. The average molecular weight is 464 g/mol. The number of nitro groups is 1. The largest absolute Gasteiger partial charge is 0.324 e. The Kier molecular flexibility index (Phi) is 5.87. The number of nitrogens with one attached hydrogen (secondary N) is 2. The van der Waals surface area contributed by atoms with Crippen molar-refractivity contribution >= 4 is 35.3 Å². The molecule has 5 rings (SSSR count). The highest BCUT2D eigenvalue weighted by atomic mass is 16.6. The quantitative estimate of drug-likeness (QED) is 0.238. The van der Waals surface area contributed by atoms with Crippen LogP contribution in [0.5, 0.6) is 0 Å². The van der Waals surface area contributed by atoms with Crippen LogP contribution in [0.2, 0.25) is 0 Å². The minimum atomic E-state index is -0.481. The van der Waals surface area contributed by atoms with Gasteiger partial charge in [-0.05, 0) is 28.8 Å². The van der Waals surface area contributed by atoms with Gasteiger partial charge in [-0.1, -0.05) is 72.8 Å². The van der Waals surface area contributed by atoms with Crippen LogP contribution in [0.4, 0.5) is 17.6 Å². The summed E-state index contributed by atoms with van der Waals surface area (Å²) in [6, 6.07) is 25.6. The molecule has 0 aliphatic carbocycles. The van der Waals surface area contributed by atoms with Gasteiger partial charge in [0.25, 0.3) is 17.5 Å². The van der Waals surface area contributed by atoms with Crippen molar-refractivity contribution in [3.63, 3.8) is 0 Å². The molecular formula is C26H20N6O3. The predicted octanol–water partition coefficient (Wildman–Crippen LogP) is 4.89. The highest BCUT2D eigenvalue weighted by Gasteiger charge is 2.25. The summed E-state index contributed by atoms with van der Waals surface area (Å²) < 4.78 is 1.72. The van der Waals surface area contributed by atoms with E-state index < -0.39 is 10.8 Å². The Morgan fingerprint density at radius 3 is 2.51 bits per heavy atom. The minimum Gasteiger partial charge on any atom is -0.324 e. The van der Waals surface area contributed by atoms with Crippen molar-refractivity contribution in [1.82, 2.24) is 14.8 Å². The molecule has 3 aromatic carbocycles. The van der Waals surface area contributed by atoms with E-state index in [0.717, 1.165) is 16.8 Å². The van der Waals surface area contributed by atoms with Crippen LogP contribution in [-0.4, -0.2) is 25.6 Å². The van der Waals surface area contributed by atoms with Gasteiger partial charge in [0, 0.05) is 23.9 Å². The zero-order valence-electron chi connectivity index (χ0n) is 18.4. The summed E-state index contributed by atoms with van der Waals surface area (Å²) in [5, 5.41) is 21.4. The number of fused-ring (bicyclic) bond motifs is 1. The van der Waals surface area contributed by atoms with Gasteiger partial charge >= 0.3 is 0 Å². The third-order valence-electron chi connectivity index (χ3n) is 5.43. The number of hydrogen-bond donors (Lipinski definition) is 2. The SMILES string of the molecule is O=C(C=Cc1cccc([N+](=O)[O-])c1)Nc1nc2n(n1)C(c1ccccc1)C=C(c1ccccc1)N2. The normalized spacial score (nSPS) is 14.6. The molecule has 0 spiro atoms.